The number of benzene rings is 1. The minimum Gasteiger partial charge on any atom is -0.459 e. The van der Waals surface area contributed by atoms with Crippen molar-refractivity contribution in [2.45, 2.75) is 71.7 Å². The number of nitrogens with zero attached hydrogens (tertiary/aromatic N) is 5. The summed E-state index contributed by atoms with van der Waals surface area (Å²) in [6.07, 6.45) is 2.48. The van der Waals surface area contributed by atoms with E-state index in [1.54, 1.807) is 24.3 Å². The number of halogens is 3. The van der Waals surface area contributed by atoms with Gasteiger partial charge in [0.05, 0.1) is 18.4 Å². The molecule has 2 aromatic heterocycles. The third-order valence-corrected chi connectivity index (χ3v) is 7.04. The maximum Gasteiger partial charge on any atom is 0.313 e. The van der Waals surface area contributed by atoms with Crippen molar-refractivity contribution in [2.24, 2.45) is 5.92 Å². The Labute approximate surface area is 257 Å². The summed E-state index contributed by atoms with van der Waals surface area (Å²) < 4.78 is 50.5. The van der Waals surface area contributed by atoms with Crippen molar-refractivity contribution in [3.8, 4) is 5.75 Å². The van der Waals surface area contributed by atoms with Crippen LogP contribution in [0.2, 0.25) is 0 Å². The highest BCUT2D eigenvalue weighted by molar-refractivity contribution is 6.39. The minimum atomic E-state index is -1.86. The first-order chi connectivity index (χ1) is 21.3. The number of pyridine rings is 1. The molecule has 3 heterocycles. The Morgan fingerprint density at radius 1 is 1.22 bits per heavy atom. The van der Waals surface area contributed by atoms with Gasteiger partial charge in [0.2, 0.25) is 11.7 Å². The molecule has 4 rings (SSSR count). The summed E-state index contributed by atoms with van der Waals surface area (Å²) in [5, 5.41) is 12.4. The lowest BCUT2D eigenvalue weighted by Crippen LogP contribution is -2.45. The van der Waals surface area contributed by atoms with E-state index in [0.29, 0.717) is 24.4 Å². The molecule has 0 bridgehead atoms. The summed E-state index contributed by atoms with van der Waals surface area (Å²) in [4.78, 5) is 51.2. The number of alkyl halides is 2. The van der Waals surface area contributed by atoms with Gasteiger partial charge in [-0.25, -0.2) is 9.07 Å². The van der Waals surface area contributed by atoms with Crippen LogP contribution in [0, 0.1) is 11.7 Å². The van der Waals surface area contributed by atoms with Crippen LogP contribution in [-0.2, 0) is 29.2 Å². The number of nitrogens with one attached hydrogen (secondary N) is 2. The van der Waals surface area contributed by atoms with Crippen molar-refractivity contribution in [3.63, 3.8) is 0 Å². The van der Waals surface area contributed by atoms with Crippen molar-refractivity contribution >= 4 is 23.4 Å². The Balaban J connectivity index is 1.25. The number of rotatable bonds is 11. The van der Waals surface area contributed by atoms with Gasteiger partial charge < -0.3 is 24.8 Å². The van der Waals surface area contributed by atoms with Crippen LogP contribution in [0.4, 0.5) is 18.9 Å². The second-order valence-electron chi connectivity index (χ2n) is 11.5. The van der Waals surface area contributed by atoms with E-state index in [-0.39, 0.29) is 37.7 Å². The zero-order chi connectivity index (χ0) is 32.7. The van der Waals surface area contributed by atoms with Crippen molar-refractivity contribution in [1.82, 2.24) is 29.8 Å². The molecular weight excluding hydrogens is 595 g/mol. The number of piperidine rings is 1. The number of hydrogen-bond acceptors (Lipinski definition) is 7. The van der Waals surface area contributed by atoms with E-state index in [1.807, 2.05) is 6.92 Å². The topological polar surface area (TPSA) is 140 Å². The third-order valence-electron chi connectivity index (χ3n) is 7.04. The van der Waals surface area contributed by atoms with Gasteiger partial charge in [-0.1, -0.05) is 24.3 Å². The van der Waals surface area contributed by atoms with Crippen LogP contribution < -0.4 is 20.9 Å². The summed E-state index contributed by atoms with van der Waals surface area (Å²) in [5.74, 6) is -4.96. The van der Waals surface area contributed by atoms with E-state index in [0.717, 1.165) is 28.2 Å². The fourth-order valence-electron chi connectivity index (χ4n) is 4.85. The average molecular weight is 632 g/mol. The number of hydrogen-bond donors (Lipinski definition) is 2. The first kappa shape index (κ1) is 33.2. The Kier molecular flexibility index (Phi) is 10.6. The van der Waals surface area contributed by atoms with Gasteiger partial charge in [0.15, 0.2) is 5.69 Å². The van der Waals surface area contributed by atoms with Crippen LogP contribution in [-0.4, -0.2) is 67.3 Å². The highest BCUT2D eigenvalue weighted by atomic mass is 19.2. The van der Waals surface area contributed by atoms with Crippen LogP contribution in [0.5, 0.6) is 5.75 Å². The molecule has 12 nitrogen and oxygen atoms in total. The number of carbonyl (C=O) groups excluding carboxylic acids is 3. The predicted octanol–water partition coefficient (Wildman–Crippen LogP) is 3.22. The molecule has 2 atom stereocenters. The lowest BCUT2D eigenvalue weighted by Gasteiger charge is -2.30. The third kappa shape index (κ3) is 9.40. The molecule has 15 heteroatoms. The van der Waals surface area contributed by atoms with Gasteiger partial charge in [-0.3, -0.25) is 19.2 Å². The molecule has 1 saturated heterocycles. The quantitative estimate of drug-likeness (QED) is 0.310. The van der Waals surface area contributed by atoms with Crippen molar-refractivity contribution in [2.75, 3.05) is 18.4 Å². The monoisotopic (exact) mass is 631 g/mol. The molecule has 0 spiro atoms. The highest BCUT2D eigenvalue weighted by Gasteiger charge is 2.27. The molecule has 1 aliphatic heterocycles. The Morgan fingerprint density at radius 2 is 2.00 bits per heavy atom. The van der Waals surface area contributed by atoms with Crippen LogP contribution in [0.25, 0.3) is 0 Å². The van der Waals surface area contributed by atoms with Crippen LogP contribution >= 0.6 is 0 Å². The molecule has 0 radical (unpaired) electrons. The number of anilines is 1. The SMILES string of the molecule is CC1CCCN(C(=O)C(=O)Nc2ccn(CCC(F)Cn3cc(C(=O)NCc4cccc(OC(C)(C)F)c4)nn3)c(=O)c2F)C1. The maximum absolute atomic E-state index is 14.8. The molecule has 45 heavy (non-hydrogen) atoms. The van der Waals surface area contributed by atoms with Gasteiger partial charge in [-0.15, -0.1) is 5.10 Å². The fourth-order valence-corrected chi connectivity index (χ4v) is 4.85. The zero-order valence-electron chi connectivity index (χ0n) is 25.3. The van der Waals surface area contributed by atoms with Gasteiger partial charge in [0.1, 0.15) is 11.9 Å². The summed E-state index contributed by atoms with van der Waals surface area (Å²) in [5.41, 5.74) is -0.911. The summed E-state index contributed by atoms with van der Waals surface area (Å²) in [6.45, 7) is 5.02. The lowest BCUT2D eigenvalue weighted by atomic mass is 10.0. The van der Waals surface area contributed by atoms with E-state index >= 15 is 0 Å². The lowest BCUT2D eigenvalue weighted by molar-refractivity contribution is -0.144. The van der Waals surface area contributed by atoms with E-state index < -0.39 is 46.8 Å². The molecule has 3 amide bonds. The Morgan fingerprint density at radius 3 is 2.73 bits per heavy atom. The molecule has 3 aromatic rings. The average Bonchev–Trinajstić information content (AvgIpc) is 3.45. The first-order valence-corrected chi connectivity index (χ1v) is 14.6. The smallest absolute Gasteiger partial charge is 0.313 e. The predicted molar refractivity (Wildman–Crippen MR) is 157 cm³/mol. The van der Waals surface area contributed by atoms with Gasteiger partial charge >= 0.3 is 11.8 Å². The van der Waals surface area contributed by atoms with Crippen LogP contribution in [0.1, 0.15) is 56.1 Å². The highest BCUT2D eigenvalue weighted by Crippen LogP contribution is 2.21. The molecule has 1 aromatic carbocycles. The maximum atomic E-state index is 14.8. The molecule has 242 valence electrons. The number of likely N-dealkylation sites (tertiary alicyclic amines) is 1. The van der Waals surface area contributed by atoms with E-state index in [4.69, 9.17) is 4.74 Å². The van der Waals surface area contributed by atoms with Crippen molar-refractivity contribution < 1.29 is 32.3 Å². The van der Waals surface area contributed by atoms with Crippen molar-refractivity contribution in [1.29, 1.82) is 0 Å². The Hall–Kier alpha value is -4.69. The normalized spacial score (nSPS) is 15.8. The first-order valence-electron chi connectivity index (χ1n) is 14.6. The van der Waals surface area contributed by atoms with E-state index in [9.17, 15) is 32.3 Å². The largest absolute Gasteiger partial charge is 0.459 e. The number of aryl methyl sites for hydroxylation is 1. The van der Waals surface area contributed by atoms with Crippen LogP contribution in [0.3, 0.4) is 0 Å². The molecule has 0 aliphatic carbocycles. The zero-order valence-corrected chi connectivity index (χ0v) is 25.3. The molecule has 2 N–H and O–H groups in total. The summed E-state index contributed by atoms with van der Waals surface area (Å²) in [7, 11) is 0. The number of carbonyl (C=O) groups is 3. The Bertz CT molecular complexity index is 1590. The number of aromatic nitrogens is 4. The number of amides is 3. The molecule has 0 saturated carbocycles. The summed E-state index contributed by atoms with van der Waals surface area (Å²) >= 11 is 0. The molecular formula is C30H36F3N7O5. The second-order valence-corrected chi connectivity index (χ2v) is 11.5. The van der Waals surface area contributed by atoms with Crippen LogP contribution in [0.15, 0.2) is 47.5 Å². The number of ether oxygens (including phenoxy) is 1. The van der Waals surface area contributed by atoms with Gasteiger partial charge in [0.25, 0.3) is 11.5 Å². The van der Waals surface area contributed by atoms with Gasteiger partial charge in [0, 0.05) is 46.2 Å². The summed E-state index contributed by atoms with van der Waals surface area (Å²) in [6, 6.07) is 7.71. The molecule has 1 aliphatic rings. The molecule has 2 unspecified atom stereocenters. The van der Waals surface area contributed by atoms with Crippen molar-refractivity contribution in [3.05, 3.63) is 70.2 Å². The van der Waals surface area contributed by atoms with Gasteiger partial charge in [-0.05, 0) is 48.9 Å². The van der Waals surface area contributed by atoms with E-state index in [2.05, 4.69) is 20.9 Å². The fraction of sp³-hybridized carbons (Fsp3) is 0.467. The second kappa shape index (κ2) is 14.4. The minimum absolute atomic E-state index is 0.0521. The molecule has 1 fully saturated rings. The standard InChI is InChI=1S/C30H36F3N7O5/c1-19-6-5-11-39(16-19)29(44)27(42)35-23-10-13-38(28(43)25(23)32)12-9-21(31)17-40-18-24(36-37-40)26(41)34-15-20-7-4-8-22(14-20)45-30(2,3)33/h4,7-8,10,13-14,18-19,21H,5-6,9,11-12,15-17H2,1-3H3,(H,34,41)(H,35,42). The van der Waals surface area contributed by atoms with Gasteiger partial charge in [-0.2, -0.15) is 8.78 Å². The van der Waals surface area contributed by atoms with E-state index in [1.165, 1.54) is 31.1 Å².